The van der Waals surface area contributed by atoms with Crippen molar-refractivity contribution in [3.63, 3.8) is 0 Å². The molecule has 7 heterocycles. The first-order chi connectivity index (χ1) is 55.0. The Labute approximate surface area is 713 Å². The molecule has 0 saturated heterocycles. The summed E-state index contributed by atoms with van der Waals surface area (Å²) in [5.74, 6) is -3.03. The summed E-state index contributed by atoms with van der Waals surface area (Å²) >= 11 is 13.0. The number of aliphatic carboxylic acids is 2. The predicted octanol–water partition coefficient (Wildman–Crippen LogP) is 13.7. The molecule has 0 aliphatic carbocycles. The number of primary amides is 2. The van der Waals surface area contributed by atoms with E-state index in [4.69, 9.17) is 47.4 Å². The maximum absolute atomic E-state index is 12.8. The number of nitrogen functional groups attached to an aromatic ring is 1. The SMILES string of the molecule is CC(C)[C@H](C)C(=O)O.CC(C)[C@H](N)C(=O)Cc1cccc(Br)n1.CC(C)[C@H](NC(=O)Cn1nc(C(N)=O)c2ccccc21)C(=O)Cc1cccc(Br)n1.CC(C)[C@H](NC(=O)OC(C)(C)C)C(=O)Cc1cccc(Br)n1.CCOC(=O)N1c2ccccc2C=CC1OCC.NC(=O)c1nn(CC(=O)O)c2ccccc12.Nc1cccc(Br)n1. The first-order valence-corrected chi connectivity index (χ1v) is 40.4. The van der Waals surface area contributed by atoms with Gasteiger partial charge in [0.2, 0.25) is 5.91 Å². The molecule has 9 aromatic rings. The first kappa shape index (κ1) is 98.8. The monoisotopic (exact) mass is 1870 g/mol. The van der Waals surface area contributed by atoms with Gasteiger partial charge in [0.05, 0.1) is 66.6 Å². The molecule has 0 saturated carbocycles. The van der Waals surface area contributed by atoms with E-state index in [1.54, 1.807) is 118 Å². The molecule has 628 valence electrons. The van der Waals surface area contributed by atoms with Gasteiger partial charge < -0.3 is 58.0 Å². The molecule has 34 heteroatoms. The van der Waals surface area contributed by atoms with E-state index in [0.717, 1.165) is 26.2 Å². The molecule has 1 aliphatic heterocycles. The summed E-state index contributed by atoms with van der Waals surface area (Å²) in [4.78, 5) is 135. The number of carbonyl (C=O) groups is 10. The number of nitrogens with zero attached hydrogens (tertiary/aromatic N) is 9. The number of carbonyl (C=O) groups excluding carboxylic acids is 8. The lowest BCUT2D eigenvalue weighted by atomic mass is 9.96. The Kier molecular flexibility index (Phi) is 41.3. The molecule has 117 heavy (non-hydrogen) atoms. The molecule has 10 rings (SSSR count). The minimum Gasteiger partial charge on any atom is -0.481 e. The van der Waals surface area contributed by atoms with Crippen molar-refractivity contribution < 1.29 is 72.4 Å². The number of carboxylic acid groups (broad SMARTS) is 2. The predicted molar refractivity (Wildman–Crippen MR) is 462 cm³/mol. The summed E-state index contributed by atoms with van der Waals surface area (Å²) in [6, 6.07) is 41.6. The van der Waals surface area contributed by atoms with Crippen LogP contribution >= 0.6 is 63.7 Å². The zero-order valence-electron chi connectivity index (χ0n) is 67.7. The number of alkyl carbamates (subject to hydrolysis) is 1. The van der Waals surface area contributed by atoms with Crippen LogP contribution in [0.1, 0.15) is 141 Å². The van der Waals surface area contributed by atoms with Crippen LogP contribution in [0.2, 0.25) is 0 Å². The second kappa shape index (κ2) is 48.9. The molecule has 30 nitrogen and oxygen atoms in total. The number of hydrogen-bond acceptors (Lipinski definition) is 21. The molecule has 0 spiro atoms. The van der Waals surface area contributed by atoms with Crippen LogP contribution in [0.5, 0.6) is 0 Å². The number of amides is 5. The molecular formula is C83H103Br4N15O15. The number of anilines is 2. The number of rotatable bonds is 25. The smallest absolute Gasteiger partial charge is 0.416 e. The first-order valence-electron chi connectivity index (χ1n) is 37.2. The Morgan fingerprint density at radius 2 is 0.949 bits per heavy atom. The highest BCUT2D eigenvalue weighted by Crippen LogP contribution is 2.30. The molecule has 5 atom stereocenters. The minimum atomic E-state index is -1.02. The van der Waals surface area contributed by atoms with Gasteiger partial charge in [-0.2, -0.15) is 10.2 Å². The van der Waals surface area contributed by atoms with Crippen LogP contribution in [0.25, 0.3) is 27.9 Å². The van der Waals surface area contributed by atoms with Gasteiger partial charge in [-0.3, -0.25) is 47.7 Å². The quantitative estimate of drug-likeness (QED) is 0.0246. The number of hydrogen-bond donors (Lipinski definition) is 8. The number of carboxylic acids is 2. The van der Waals surface area contributed by atoms with Gasteiger partial charge >= 0.3 is 24.1 Å². The second-order valence-corrected chi connectivity index (χ2v) is 31.7. The fourth-order valence-electron chi connectivity index (χ4n) is 10.6. The van der Waals surface area contributed by atoms with Gasteiger partial charge in [0.1, 0.15) is 42.9 Å². The molecule has 5 amide bonds. The fraction of sp³-hybridized carbons (Fsp3) is 0.373. The number of nitrogens with one attached hydrogen (secondary N) is 2. The molecule has 6 aromatic heterocycles. The van der Waals surface area contributed by atoms with Crippen LogP contribution in [0.4, 0.5) is 21.1 Å². The summed E-state index contributed by atoms with van der Waals surface area (Å²) in [5, 5.41) is 31.7. The lowest BCUT2D eigenvalue weighted by Gasteiger charge is -2.32. The Morgan fingerprint density at radius 1 is 0.521 bits per heavy atom. The number of halogens is 4. The highest BCUT2D eigenvalue weighted by molar-refractivity contribution is 9.11. The number of pyridine rings is 4. The highest BCUT2D eigenvalue weighted by Gasteiger charge is 2.31. The molecule has 0 radical (unpaired) electrons. The van der Waals surface area contributed by atoms with E-state index in [-0.39, 0.29) is 96.3 Å². The second-order valence-electron chi connectivity index (χ2n) is 28.5. The summed E-state index contributed by atoms with van der Waals surface area (Å²) in [6.07, 6.45) is 3.04. The van der Waals surface area contributed by atoms with E-state index in [1.165, 1.54) is 9.36 Å². The van der Waals surface area contributed by atoms with E-state index in [0.29, 0.717) is 67.9 Å². The third-order valence-electron chi connectivity index (χ3n) is 16.7. The largest absolute Gasteiger partial charge is 0.481 e. The summed E-state index contributed by atoms with van der Waals surface area (Å²) < 4.78 is 21.4. The van der Waals surface area contributed by atoms with Crippen molar-refractivity contribution in [2.24, 2.45) is 46.8 Å². The Balaban J connectivity index is 0.000000299. The van der Waals surface area contributed by atoms with Crippen molar-refractivity contribution in [2.45, 2.75) is 159 Å². The standard InChI is InChI=1S/C21H22BrN5O3.C16H23BrN2O3.C14H17NO3.C11H15BrN2O.C10H9N3O3.C6H12O2.C5H5BrN2/c1-12(2)19(16(28)10-13-6-5-9-17(22)24-13)25-18(29)11-27-15-8-4-3-7-14(15)20(26-27)21(23)30;1-10(2)14(19-15(21)22-16(3,4)5)12(20)9-11-7-6-8-13(17)18-11;1-3-17-13-10-9-11-7-5-6-8-12(11)15(13)14(16)18-4-2;1-7(2)11(13)9(15)6-8-4-3-5-10(12)14-8;11-10(16)9-6-3-1-2-4-7(6)13(12-9)5-8(14)15;1-4(2)5(3)6(7)8;6-4-2-1-3-5(7)8-4/h3-9,12,19H,10-11H2,1-2H3,(H2,23,30)(H,25,29);6-8,10,14H,9H2,1-5H3,(H,19,21);5-10,13H,3-4H2,1-2H3;3-5,7,11H,6,13H2,1-2H3;1-4H,5H2,(H2,11,16)(H,14,15);4-5H,1-3H3,(H,7,8);1-3H,(H2,7,8)/t19-;14-;;11-;;5-;/m00.0.0./s1. The van der Waals surface area contributed by atoms with Crippen LogP contribution in [0, 0.1) is 29.6 Å². The van der Waals surface area contributed by atoms with E-state index >= 15 is 0 Å². The van der Waals surface area contributed by atoms with Crippen LogP contribution in [0.3, 0.4) is 0 Å². The maximum atomic E-state index is 12.8. The third-order valence-corrected chi connectivity index (χ3v) is 18.4. The molecular weight excluding hydrogens is 1770 g/mol. The van der Waals surface area contributed by atoms with Crippen molar-refractivity contribution in [2.75, 3.05) is 23.8 Å². The highest BCUT2D eigenvalue weighted by atomic mass is 79.9. The average molecular weight is 1870 g/mol. The van der Waals surface area contributed by atoms with E-state index in [2.05, 4.69) is 104 Å². The number of nitrogens with two attached hydrogens (primary N) is 4. The van der Waals surface area contributed by atoms with Crippen LogP contribution in [-0.4, -0.2) is 152 Å². The lowest BCUT2D eigenvalue weighted by Crippen LogP contribution is -2.47. The number of fused-ring (bicyclic) bond motifs is 3. The lowest BCUT2D eigenvalue weighted by molar-refractivity contribution is -0.142. The van der Waals surface area contributed by atoms with Crippen LogP contribution < -0.4 is 38.5 Å². The zero-order valence-corrected chi connectivity index (χ0v) is 74.0. The molecule has 1 aliphatic rings. The summed E-state index contributed by atoms with van der Waals surface area (Å²) in [5.41, 5.74) is 26.3. The van der Waals surface area contributed by atoms with Gasteiger partial charge in [-0.1, -0.05) is 147 Å². The number of benzene rings is 3. The van der Waals surface area contributed by atoms with Crippen molar-refractivity contribution in [3.05, 3.63) is 204 Å². The number of aromatic nitrogens is 8. The van der Waals surface area contributed by atoms with Gasteiger partial charge in [-0.05, 0) is 200 Å². The third kappa shape index (κ3) is 33.9. The van der Waals surface area contributed by atoms with Gasteiger partial charge in [0.25, 0.3) is 11.8 Å². The van der Waals surface area contributed by atoms with Crippen molar-refractivity contribution in [1.29, 1.82) is 0 Å². The molecule has 1 unspecified atom stereocenters. The number of para-hydroxylation sites is 3. The summed E-state index contributed by atoms with van der Waals surface area (Å²) in [7, 11) is 0. The Bertz CT molecular complexity index is 4860. The van der Waals surface area contributed by atoms with E-state index in [1.807, 2.05) is 141 Å². The van der Waals surface area contributed by atoms with Gasteiger partial charge in [-0.25, -0.2) is 34.4 Å². The average Bonchev–Trinajstić information content (AvgIpc) is 1.78. The molecule has 3 aromatic carbocycles. The normalized spacial score (nSPS) is 12.9. The van der Waals surface area contributed by atoms with Crippen molar-refractivity contribution in [1.82, 2.24) is 50.1 Å². The zero-order chi connectivity index (χ0) is 87.6. The molecule has 0 bridgehead atoms. The topological polar surface area (TPSA) is 457 Å². The summed E-state index contributed by atoms with van der Waals surface area (Å²) in [6.45, 7) is 26.4. The Morgan fingerprint density at radius 3 is 1.32 bits per heavy atom. The van der Waals surface area contributed by atoms with E-state index < -0.39 is 59.8 Å². The van der Waals surface area contributed by atoms with Crippen LogP contribution in [-0.2, 0) is 75.3 Å². The number of ketones is 3. The van der Waals surface area contributed by atoms with E-state index in [9.17, 15) is 47.9 Å². The van der Waals surface area contributed by atoms with Gasteiger partial charge in [0, 0.05) is 34.5 Å². The molecule has 0 fully saturated rings. The maximum Gasteiger partial charge on any atom is 0.416 e. The number of Topliss-reactive ketones (excluding diaryl/α,β-unsaturated/α-hetero) is 3. The van der Waals surface area contributed by atoms with Crippen molar-refractivity contribution in [3.8, 4) is 0 Å². The fourth-order valence-corrected chi connectivity index (χ4v) is 12.1. The van der Waals surface area contributed by atoms with Gasteiger partial charge in [-0.15, -0.1) is 0 Å². The molecule has 12 N–H and O–H groups in total. The van der Waals surface area contributed by atoms with Crippen LogP contribution in [0.15, 0.2) is 170 Å². The van der Waals surface area contributed by atoms with Gasteiger partial charge in [0.15, 0.2) is 35.0 Å². The Hall–Kier alpha value is -10.5. The number of ether oxygens (including phenoxy) is 3. The van der Waals surface area contributed by atoms with Crippen molar-refractivity contribution >= 4 is 162 Å². The minimum absolute atomic E-state index is 0.0350.